The van der Waals surface area contributed by atoms with Crippen molar-refractivity contribution in [2.75, 3.05) is 25.0 Å². The van der Waals surface area contributed by atoms with E-state index in [0.29, 0.717) is 11.3 Å². The highest BCUT2D eigenvalue weighted by Gasteiger charge is 2.29. The fraction of sp³-hybridized carbons (Fsp3) is 0.440. The van der Waals surface area contributed by atoms with Crippen molar-refractivity contribution in [2.24, 2.45) is 0 Å². The van der Waals surface area contributed by atoms with Crippen molar-refractivity contribution in [2.45, 2.75) is 56.9 Å². The number of rotatable bonds is 8. The Morgan fingerprint density at radius 3 is 2.38 bits per heavy atom. The summed E-state index contributed by atoms with van der Waals surface area (Å²) in [5.74, 6) is -0.0987. The van der Waals surface area contributed by atoms with Gasteiger partial charge >= 0.3 is 5.97 Å². The Kier molecular flexibility index (Phi) is 7.54. The zero-order chi connectivity index (χ0) is 24.3. The van der Waals surface area contributed by atoms with Gasteiger partial charge in [0.15, 0.2) is 5.13 Å². The van der Waals surface area contributed by atoms with Gasteiger partial charge in [0.1, 0.15) is 5.75 Å². The Labute approximate surface area is 205 Å². The van der Waals surface area contributed by atoms with Gasteiger partial charge in [-0.25, -0.2) is 18.2 Å². The van der Waals surface area contributed by atoms with Crippen LogP contribution < -0.4 is 9.64 Å². The number of benzene rings is 2. The first kappa shape index (κ1) is 24.6. The summed E-state index contributed by atoms with van der Waals surface area (Å²) in [4.78, 5) is 19.7. The number of fused-ring (bicyclic) bond motifs is 1. The van der Waals surface area contributed by atoms with E-state index in [9.17, 15) is 13.2 Å². The van der Waals surface area contributed by atoms with Gasteiger partial charge in [0.25, 0.3) is 0 Å². The molecule has 0 atom stereocenters. The lowest BCUT2D eigenvalue weighted by Gasteiger charge is -2.30. The highest BCUT2D eigenvalue weighted by molar-refractivity contribution is 7.89. The third kappa shape index (κ3) is 5.11. The average Bonchev–Trinajstić information content (AvgIpc) is 3.28. The Hall–Kier alpha value is -2.49. The summed E-state index contributed by atoms with van der Waals surface area (Å²) in [6, 6.07) is 11.4. The second kappa shape index (κ2) is 10.4. The van der Waals surface area contributed by atoms with Crippen LogP contribution >= 0.6 is 11.3 Å². The van der Waals surface area contributed by atoms with Crippen LogP contribution in [0, 0.1) is 0 Å². The maximum absolute atomic E-state index is 13.0. The van der Waals surface area contributed by atoms with Crippen molar-refractivity contribution in [3.8, 4) is 5.75 Å². The van der Waals surface area contributed by atoms with Crippen LogP contribution in [0.15, 0.2) is 47.4 Å². The molecule has 2 aromatic carbocycles. The highest BCUT2D eigenvalue weighted by Crippen LogP contribution is 2.32. The lowest BCUT2D eigenvalue weighted by atomic mass is 9.96. The second-order valence-corrected chi connectivity index (χ2v) is 11.5. The number of aromatic nitrogens is 1. The number of hydrogen-bond acceptors (Lipinski definition) is 7. The van der Waals surface area contributed by atoms with Gasteiger partial charge in [0.2, 0.25) is 10.0 Å². The van der Waals surface area contributed by atoms with Gasteiger partial charge in [-0.15, -0.1) is 0 Å². The first-order chi connectivity index (χ1) is 16.3. The lowest BCUT2D eigenvalue weighted by molar-refractivity contribution is 0.0735. The van der Waals surface area contributed by atoms with Crippen LogP contribution in [0.5, 0.6) is 5.75 Å². The Morgan fingerprint density at radius 2 is 1.74 bits per heavy atom. The fourth-order valence-electron chi connectivity index (χ4n) is 4.32. The molecule has 0 amide bonds. The molecule has 0 N–H and O–H groups in total. The minimum absolute atomic E-state index is 0.0345. The normalized spacial score (nSPS) is 15.1. The largest absolute Gasteiger partial charge is 0.423 e. The molecule has 0 unspecified atom stereocenters. The summed E-state index contributed by atoms with van der Waals surface area (Å²) < 4.78 is 34.0. The fourth-order valence-corrected chi connectivity index (χ4v) is 6.86. The molecule has 182 valence electrons. The van der Waals surface area contributed by atoms with E-state index in [1.807, 2.05) is 12.1 Å². The molecule has 1 aliphatic carbocycles. The SMILES string of the molecule is CCN(CC)c1nc2ccc(OC(=O)c3ccc(S(=O)(=O)N(C)C4CCCCC4)cc3)cc2s1. The third-order valence-corrected chi connectivity index (χ3v) is 9.45. The third-order valence-electron chi connectivity index (χ3n) is 6.45. The lowest BCUT2D eigenvalue weighted by Crippen LogP contribution is -2.38. The smallest absolute Gasteiger partial charge is 0.343 e. The molecule has 9 heteroatoms. The number of esters is 1. The van der Waals surface area contributed by atoms with Crippen LogP contribution in [0.4, 0.5) is 5.13 Å². The van der Waals surface area contributed by atoms with Crippen molar-refractivity contribution in [1.29, 1.82) is 0 Å². The molecule has 4 rings (SSSR count). The van der Waals surface area contributed by atoms with Crippen molar-refractivity contribution in [3.05, 3.63) is 48.0 Å². The monoisotopic (exact) mass is 501 g/mol. The highest BCUT2D eigenvalue weighted by atomic mass is 32.2. The first-order valence-electron chi connectivity index (χ1n) is 11.8. The summed E-state index contributed by atoms with van der Waals surface area (Å²) in [7, 11) is -1.95. The molecule has 1 aromatic heterocycles. The Morgan fingerprint density at radius 1 is 1.06 bits per heavy atom. The zero-order valence-electron chi connectivity index (χ0n) is 19.9. The molecule has 0 aliphatic heterocycles. The Balaban J connectivity index is 1.46. The number of nitrogens with zero attached hydrogens (tertiary/aromatic N) is 3. The van der Waals surface area contributed by atoms with Gasteiger partial charge in [-0.1, -0.05) is 30.6 Å². The molecular formula is C25H31N3O4S2. The molecule has 3 aromatic rings. The standard InChI is InChI=1S/C25H31N3O4S2/c1-4-28(5-2)25-26-22-16-13-20(17-23(22)33-25)32-24(29)18-11-14-21(15-12-18)34(30,31)27(3)19-9-7-6-8-10-19/h11-17,19H,4-10H2,1-3H3. The Bertz CT molecular complexity index is 1240. The molecule has 1 heterocycles. The summed E-state index contributed by atoms with van der Waals surface area (Å²) in [5, 5.41) is 0.943. The average molecular weight is 502 g/mol. The zero-order valence-corrected chi connectivity index (χ0v) is 21.5. The molecule has 0 radical (unpaired) electrons. The second-order valence-electron chi connectivity index (χ2n) is 8.53. The number of hydrogen-bond donors (Lipinski definition) is 0. The van der Waals surface area contributed by atoms with Crippen molar-refractivity contribution in [1.82, 2.24) is 9.29 Å². The molecule has 34 heavy (non-hydrogen) atoms. The molecule has 0 spiro atoms. The van der Waals surface area contributed by atoms with Crippen LogP contribution in [-0.4, -0.2) is 49.9 Å². The molecule has 1 aliphatic rings. The number of anilines is 1. The van der Waals surface area contributed by atoms with Crippen LogP contribution in [-0.2, 0) is 10.0 Å². The molecule has 0 bridgehead atoms. The van der Waals surface area contributed by atoms with Crippen LogP contribution in [0.1, 0.15) is 56.3 Å². The predicted octanol–water partition coefficient (Wildman–Crippen LogP) is 5.31. The number of ether oxygens (including phenoxy) is 1. The van der Waals surface area contributed by atoms with Gasteiger partial charge in [0, 0.05) is 32.2 Å². The van der Waals surface area contributed by atoms with Gasteiger partial charge in [0.05, 0.1) is 20.7 Å². The summed E-state index contributed by atoms with van der Waals surface area (Å²) in [6.45, 7) is 5.93. The molecule has 0 saturated heterocycles. The minimum Gasteiger partial charge on any atom is -0.423 e. The number of thiazole rings is 1. The minimum atomic E-state index is -3.60. The number of carbonyl (C=O) groups is 1. The van der Waals surface area contributed by atoms with E-state index in [1.165, 1.54) is 28.6 Å². The quantitative estimate of drug-likeness (QED) is 0.307. The van der Waals surface area contributed by atoms with Crippen LogP contribution in [0.25, 0.3) is 10.2 Å². The summed E-state index contributed by atoms with van der Waals surface area (Å²) in [5.41, 5.74) is 1.16. The molecule has 1 fully saturated rings. The van der Waals surface area contributed by atoms with Crippen molar-refractivity contribution >= 4 is 42.7 Å². The van der Waals surface area contributed by atoms with E-state index < -0.39 is 16.0 Å². The van der Waals surface area contributed by atoms with Gasteiger partial charge in [-0.05, 0) is 63.1 Å². The summed E-state index contributed by atoms with van der Waals surface area (Å²) >= 11 is 1.56. The molecule has 1 saturated carbocycles. The van der Waals surface area contributed by atoms with E-state index >= 15 is 0 Å². The molecule has 7 nitrogen and oxygen atoms in total. The number of sulfonamides is 1. The molecular weight excluding hydrogens is 470 g/mol. The van der Waals surface area contributed by atoms with E-state index in [4.69, 9.17) is 4.74 Å². The maximum Gasteiger partial charge on any atom is 0.343 e. The van der Waals surface area contributed by atoms with E-state index in [-0.39, 0.29) is 10.9 Å². The van der Waals surface area contributed by atoms with Crippen LogP contribution in [0.2, 0.25) is 0 Å². The van der Waals surface area contributed by atoms with Gasteiger partial charge in [-0.2, -0.15) is 4.31 Å². The van der Waals surface area contributed by atoms with E-state index in [2.05, 4.69) is 23.7 Å². The topological polar surface area (TPSA) is 79.8 Å². The maximum atomic E-state index is 13.0. The number of carbonyl (C=O) groups excluding carboxylic acids is 1. The van der Waals surface area contributed by atoms with E-state index in [1.54, 1.807) is 24.5 Å². The van der Waals surface area contributed by atoms with Crippen molar-refractivity contribution in [3.63, 3.8) is 0 Å². The first-order valence-corrected chi connectivity index (χ1v) is 14.0. The van der Waals surface area contributed by atoms with Gasteiger partial charge in [-0.3, -0.25) is 0 Å². The van der Waals surface area contributed by atoms with E-state index in [0.717, 1.165) is 60.5 Å². The van der Waals surface area contributed by atoms with Crippen molar-refractivity contribution < 1.29 is 17.9 Å². The predicted molar refractivity (Wildman–Crippen MR) is 136 cm³/mol. The van der Waals surface area contributed by atoms with Crippen LogP contribution in [0.3, 0.4) is 0 Å². The summed E-state index contributed by atoms with van der Waals surface area (Å²) in [6.07, 6.45) is 5.05. The van der Waals surface area contributed by atoms with Gasteiger partial charge < -0.3 is 9.64 Å².